The topological polar surface area (TPSA) is 54.0 Å². The molecule has 1 atom stereocenters. The molecule has 1 heterocycles. The smallest absolute Gasteiger partial charge is 0.241 e. The van der Waals surface area contributed by atoms with Gasteiger partial charge >= 0.3 is 0 Å². The Morgan fingerprint density at radius 1 is 1.14 bits per heavy atom. The number of anilines is 1. The van der Waals surface area contributed by atoms with E-state index in [1.807, 2.05) is 37.3 Å². The van der Waals surface area contributed by atoms with Crippen LogP contribution in [-0.4, -0.2) is 68.2 Å². The van der Waals surface area contributed by atoms with Crippen LogP contribution in [0.4, 0.5) is 5.69 Å². The molecule has 1 aliphatic rings. The van der Waals surface area contributed by atoms with E-state index >= 15 is 0 Å². The van der Waals surface area contributed by atoms with E-state index in [2.05, 4.69) is 15.1 Å². The Balaban J connectivity index is 1.44. The minimum absolute atomic E-state index is 0.0635. The van der Waals surface area contributed by atoms with Gasteiger partial charge in [0.05, 0.1) is 18.8 Å². The number of nitrogens with zero attached hydrogens (tertiary/aromatic N) is 2. The first-order valence-corrected chi connectivity index (χ1v) is 10.2. The average molecular weight is 418 g/mol. The molecule has 1 aliphatic heterocycles. The fourth-order valence-electron chi connectivity index (χ4n) is 3.36. The van der Waals surface area contributed by atoms with Crippen LogP contribution in [0.5, 0.6) is 11.5 Å². The lowest BCUT2D eigenvalue weighted by Crippen LogP contribution is -2.53. The van der Waals surface area contributed by atoms with Crippen molar-refractivity contribution in [2.45, 2.75) is 13.0 Å². The van der Waals surface area contributed by atoms with Gasteiger partial charge in [-0.25, -0.2) is 0 Å². The van der Waals surface area contributed by atoms with Crippen molar-refractivity contribution in [3.8, 4) is 11.5 Å². The van der Waals surface area contributed by atoms with Gasteiger partial charge in [-0.3, -0.25) is 14.6 Å². The van der Waals surface area contributed by atoms with E-state index in [-0.39, 0.29) is 11.9 Å². The highest BCUT2D eigenvalue weighted by atomic mass is 35.5. The normalized spacial score (nSPS) is 16.2. The maximum atomic E-state index is 12.7. The quantitative estimate of drug-likeness (QED) is 0.713. The summed E-state index contributed by atoms with van der Waals surface area (Å²) in [7, 11) is 1.57. The van der Waals surface area contributed by atoms with Gasteiger partial charge in [0.2, 0.25) is 5.91 Å². The van der Waals surface area contributed by atoms with Crippen molar-refractivity contribution in [2.75, 3.05) is 51.8 Å². The van der Waals surface area contributed by atoms with Gasteiger partial charge in [-0.2, -0.15) is 0 Å². The van der Waals surface area contributed by atoms with Gasteiger partial charge in [0.1, 0.15) is 18.1 Å². The lowest BCUT2D eigenvalue weighted by atomic mass is 10.2. The van der Waals surface area contributed by atoms with Crippen molar-refractivity contribution >= 4 is 23.2 Å². The van der Waals surface area contributed by atoms with Gasteiger partial charge in [0.25, 0.3) is 0 Å². The highest BCUT2D eigenvalue weighted by Crippen LogP contribution is 2.28. The summed E-state index contributed by atoms with van der Waals surface area (Å²) in [6.45, 7) is 6.98. The van der Waals surface area contributed by atoms with E-state index in [4.69, 9.17) is 21.1 Å². The summed E-state index contributed by atoms with van der Waals surface area (Å²) in [5, 5.41) is 3.50. The van der Waals surface area contributed by atoms with Crippen molar-refractivity contribution in [1.29, 1.82) is 0 Å². The van der Waals surface area contributed by atoms with Crippen LogP contribution in [0.2, 0.25) is 5.02 Å². The summed E-state index contributed by atoms with van der Waals surface area (Å²) >= 11 is 6.05. The number of methoxy groups -OCH3 is 1. The summed E-state index contributed by atoms with van der Waals surface area (Å²) < 4.78 is 11.1. The second kappa shape index (κ2) is 10.5. The molecule has 1 fully saturated rings. The molecule has 1 amide bonds. The molecular formula is C22H28ClN3O3. The second-order valence-corrected chi connectivity index (χ2v) is 7.49. The monoisotopic (exact) mass is 417 g/mol. The SMILES string of the molecule is COc1ccc(Cl)cc1NC(=O)[C@H](C)N1CCN(CCOc2ccccc2)CC1. The zero-order valence-corrected chi connectivity index (χ0v) is 17.7. The van der Waals surface area contributed by atoms with Gasteiger partial charge in [-0.1, -0.05) is 29.8 Å². The van der Waals surface area contributed by atoms with Crippen molar-refractivity contribution in [3.63, 3.8) is 0 Å². The van der Waals surface area contributed by atoms with Gasteiger partial charge in [-0.05, 0) is 37.3 Å². The average Bonchev–Trinajstić information content (AvgIpc) is 2.74. The number of benzene rings is 2. The number of halogens is 1. The molecule has 156 valence electrons. The van der Waals surface area contributed by atoms with E-state index in [0.29, 0.717) is 23.1 Å². The Labute approximate surface area is 177 Å². The van der Waals surface area contributed by atoms with Crippen LogP contribution in [-0.2, 0) is 4.79 Å². The molecule has 0 radical (unpaired) electrons. The fraction of sp³-hybridized carbons (Fsp3) is 0.409. The molecule has 29 heavy (non-hydrogen) atoms. The van der Waals surface area contributed by atoms with E-state index in [1.165, 1.54) is 0 Å². The molecule has 1 N–H and O–H groups in total. The molecule has 2 aromatic carbocycles. The lowest BCUT2D eigenvalue weighted by Gasteiger charge is -2.37. The Bertz CT molecular complexity index is 795. The van der Waals surface area contributed by atoms with Crippen molar-refractivity contribution in [2.24, 2.45) is 0 Å². The van der Waals surface area contributed by atoms with E-state index in [9.17, 15) is 4.79 Å². The minimum Gasteiger partial charge on any atom is -0.495 e. The molecule has 0 saturated carbocycles. The van der Waals surface area contributed by atoms with Crippen LogP contribution in [0.25, 0.3) is 0 Å². The van der Waals surface area contributed by atoms with Crippen LogP contribution >= 0.6 is 11.6 Å². The van der Waals surface area contributed by atoms with Gasteiger partial charge in [0, 0.05) is 37.7 Å². The number of amides is 1. The number of nitrogens with one attached hydrogen (secondary N) is 1. The van der Waals surface area contributed by atoms with Crippen molar-refractivity contribution in [3.05, 3.63) is 53.6 Å². The molecule has 0 bridgehead atoms. The summed E-state index contributed by atoms with van der Waals surface area (Å²) in [6, 6.07) is 14.8. The van der Waals surface area contributed by atoms with Crippen molar-refractivity contribution in [1.82, 2.24) is 9.80 Å². The number of hydrogen-bond donors (Lipinski definition) is 1. The molecule has 7 heteroatoms. The number of ether oxygens (including phenoxy) is 2. The maximum Gasteiger partial charge on any atom is 0.241 e. The highest BCUT2D eigenvalue weighted by molar-refractivity contribution is 6.31. The summed E-state index contributed by atoms with van der Waals surface area (Å²) in [4.78, 5) is 17.3. The van der Waals surface area contributed by atoms with Gasteiger partial charge in [0.15, 0.2) is 0 Å². The van der Waals surface area contributed by atoms with Gasteiger partial charge in [-0.15, -0.1) is 0 Å². The number of rotatable bonds is 8. The van der Waals surface area contributed by atoms with Crippen LogP contribution in [0.3, 0.4) is 0 Å². The first-order chi connectivity index (χ1) is 14.1. The highest BCUT2D eigenvalue weighted by Gasteiger charge is 2.26. The maximum absolute atomic E-state index is 12.7. The van der Waals surface area contributed by atoms with E-state index in [0.717, 1.165) is 38.5 Å². The van der Waals surface area contributed by atoms with Crippen LogP contribution in [0.1, 0.15) is 6.92 Å². The summed E-state index contributed by atoms with van der Waals surface area (Å²) in [5.74, 6) is 1.43. The zero-order valence-electron chi connectivity index (χ0n) is 16.9. The Hall–Kier alpha value is -2.28. The third-order valence-electron chi connectivity index (χ3n) is 5.17. The van der Waals surface area contributed by atoms with Gasteiger partial charge < -0.3 is 14.8 Å². The predicted octanol–water partition coefficient (Wildman–Crippen LogP) is 3.37. The second-order valence-electron chi connectivity index (χ2n) is 7.05. The van der Waals surface area contributed by atoms with Crippen LogP contribution in [0.15, 0.2) is 48.5 Å². The molecule has 3 rings (SSSR count). The standard InChI is InChI=1S/C22H28ClN3O3/c1-17(22(27)24-20-16-18(23)8-9-21(20)28-2)26-12-10-25(11-13-26)14-15-29-19-6-4-3-5-7-19/h3-9,16-17H,10-15H2,1-2H3,(H,24,27)/t17-/m0/s1. The van der Waals surface area contributed by atoms with E-state index < -0.39 is 0 Å². The first kappa shape index (κ1) is 21.4. The van der Waals surface area contributed by atoms with Crippen LogP contribution < -0.4 is 14.8 Å². The Kier molecular flexibility index (Phi) is 7.75. The molecule has 0 aliphatic carbocycles. The number of piperazine rings is 1. The lowest BCUT2D eigenvalue weighted by molar-refractivity contribution is -0.121. The number of para-hydroxylation sites is 1. The van der Waals surface area contributed by atoms with Crippen LogP contribution in [0, 0.1) is 0 Å². The number of carbonyl (C=O) groups is 1. The third kappa shape index (κ3) is 6.10. The zero-order chi connectivity index (χ0) is 20.6. The van der Waals surface area contributed by atoms with Crippen molar-refractivity contribution < 1.29 is 14.3 Å². The molecule has 2 aromatic rings. The largest absolute Gasteiger partial charge is 0.495 e. The Morgan fingerprint density at radius 3 is 2.55 bits per heavy atom. The first-order valence-electron chi connectivity index (χ1n) is 9.85. The number of carbonyl (C=O) groups excluding carboxylic acids is 1. The Morgan fingerprint density at radius 2 is 1.86 bits per heavy atom. The predicted molar refractivity (Wildman–Crippen MR) is 116 cm³/mol. The fourth-order valence-corrected chi connectivity index (χ4v) is 3.54. The minimum atomic E-state index is -0.235. The molecular weight excluding hydrogens is 390 g/mol. The summed E-state index contributed by atoms with van der Waals surface area (Å²) in [5.41, 5.74) is 0.591. The molecule has 1 saturated heterocycles. The molecule has 0 spiro atoms. The third-order valence-corrected chi connectivity index (χ3v) is 5.41. The molecule has 0 unspecified atom stereocenters. The molecule has 0 aromatic heterocycles. The molecule has 6 nitrogen and oxygen atoms in total. The number of hydrogen-bond acceptors (Lipinski definition) is 5. The van der Waals surface area contributed by atoms with E-state index in [1.54, 1.807) is 25.3 Å². The summed E-state index contributed by atoms with van der Waals surface area (Å²) in [6.07, 6.45) is 0.